The maximum Gasteiger partial charge on any atom is 0.306 e. The van der Waals surface area contributed by atoms with Gasteiger partial charge >= 0.3 is 5.97 Å². The molecule has 9 nitrogen and oxygen atoms in total. The van der Waals surface area contributed by atoms with Crippen LogP contribution in [0.4, 0.5) is 0 Å². The number of nitrogens with zero attached hydrogens (tertiary/aromatic N) is 1. The summed E-state index contributed by atoms with van der Waals surface area (Å²) < 4.78 is 30.5. The monoisotopic (exact) mass is 1240 g/mol. The van der Waals surface area contributed by atoms with Crippen LogP contribution < -0.4 is 10.2 Å². The van der Waals surface area contributed by atoms with Crippen LogP contribution in [-0.4, -0.2) is 69.4 Å². The molecule has 0 saturated heterocycles. The Bertz CT molecular complexity index is 1620. The average molecular weight is 1240 g/mol. The molecule has 0 aromatic rings. The smallest absolute Gasteiger partial charge is 0.306 e. The molecule has 0 fully saturated rings. The number of esters is 1. The third kappa shape index (κ3) is 68.2. The first kappa shape index (κ1) is 85.0. The van der Waals surface area contributed by atoms with E-state index in [9.17, 15) is 19.0 Å². The quantitative estimate of drug-likeness (QED) is 0.0212. The Kier molecular flexibility index (Phi) is 65.3. The Hall–Kier alpha value is -2.03. The van der Waals surface area contributed by atoms with Gasteiger partial charge in [-0.25, -0.2) is 0 Å². The van der Waals surface area contributed by atoms with Crippen molar-refractivity contribution >= 4 is 19.7 Å². The molecule has 0 bridgehead atoms. The fourth-order valence-electron chi connectivity index (χ4n) is 11.4. The normalized spacial score (nSPS) is 13.7. The lowest BCUT2D eigenvalue weighted by Gasteiger charge is -2.30. The molecule has 1 N–H and O–H groups in total. The van der Waals surface area contributed by atoms with Crippen LogP contribution in [0.3, 0.4) is 0 Å². The van der Waals surface area contributed by atoms with Crippen LogP contribution in [-0.2, 0) is 27.9 Å². The largest absolute Gasteiger partial charge is 0.756 e. The highest BCUT2D eigenvalue weighted by Gasteiger charge is 2.27. The van der Waals surface area contributed by atoms with Gasteiger partial charge in [-0.1, -0.05) is 346 Å². The van der Waals surface area contributed by atoms with Crippen molar-refractivity contribution < 1.29 is 37.3 Å². The summed E-state index contributed by atoms with van der Waals surface area (Å²) in [4.78, 5) is 40.2. The van der Waals surface area contributed by atoms with Gasteiger partial charge < -0.3 is 28.5 Å². The summed E-state index contributed by atoms with van der Waals surface area (Å²) in [6.45, 7) is 6.87. The molecule has 512 valence electrons. The third-order valence-corrected chi connectivity index (χ3v) is 18.2. The molecule has 0 aliphatic heterocycles. The molecule has 87 heavy (non-hydrogen) atoms. The summed E-state index contributed by atoms with van der Waals surface area (Å²) in [7, 11) is 1.20. The van der Waals surface area contributed by atoms with Crippen molar-refractivity contribution in [2.45, 2.75) is 392 Å². The molecule has 10 heteroatoms. The summed E-state index contributed by atoms with van der Waals surface area (Å²) in [5.41, 5.74) is 0. The fraction of sp³-hybridized carbons (Fsp3) is 0.870. The molecular weight excluding hydrogens is 1100 g/mol. The van der Waals surface area contributed by atoms with Gasteiger partial charge in [-0.3, -0.25) is 14.2 Å². The Morgan fingerprint density at radius 1 is 0.402 bits per heavy atom. The molecule has 0 aromatic heterocycles. The van der Waals surface area contributed by atoms with E-state index in [-0.39, 0.29) is 31.5 Å². The fourth-order valence-corrected chi connectivity index (χ4v) is 12.1. The number of phosphoric acid groups is 1. The van der Waals surface area contributed by atoms with E-state index in [2.05, 4.69) is 62.5 Å². The predicted molar refractivity (Wildman–Crippen MR) is 376 cm³/mol. The number of quaternary nitrogens is 1. The SMILES string of the molecule is CCCCC/C=C\C/C=C\C/C=C\CCCCCCCCCCCCCCC(=O)NC(COP(=O)([O-])OCC[N+](C)(C)C)C(/C=C/CCCCCCCCCCC)OC(=O)CCCCCCCCCCCCCCCCCCCCCCCCCCC. The van der Waals surface area contributed by atoms with E-state index in [0.29, 0.717) is 17.4 Å². The molecule has 0 spiro atoms. The number of amides is 1. The lowest BCUT2D eigenvalue weighted by Crippen LogP contribution is -2.47. The number of hydrogen-bond donors (Lipinski definition) is 1. The molecule has 0 aliphatic carbocycles. The number of likely N-dealkylation sites (N-methyl/N-ethyl adjacent to an activating group) is 1. The molecule has 3 unspecified atom stereocenters. The average Bonchev–Trinajstić information content (AvgIpc) is 3.70. The van der Waals surface area contributed by atoms with E-state index >= 15 is 0 Å². The first-order valence-corrected chi connectivity index (χ1v) is 39.4. The minimum Gasteiger partial charge on any atom is -0.756 e. The van der Waals surface area contributed by atoms with Crippen molar-refractivity contribution in [3.8, 4) is 0 Å². The highest BCUT2D eigenvalue weighted by Crippen LogP contribution is 2.38. The van der Waals surface area contributed by atoms with Crippen LogP contribution in [0.2, 0.25) is 0 Å². The topological polar surface area (TPSA) is 114 Å². The number of phosphoric ester groups is 1. The molecule has 0 heterocycles. The third-order valence-electron chi connectivity index (χ3n) is 17.3. The summed E-state index contributed by atoms with van der Waals surface area (Å²) in [5.74, 6) is -0.524. The first-order chi connectivity index (χ1) is 42.4. The van der Waals surface area contributed by atoms with Gasteiger partial charge in [0.1, 0.15) is 19.3 Å². The number of hydrogen-bond acceptors (Lipinski definition) is 7. The van der Waals surface area contributed by atoms with Gasteiger partial charge in [-0.15, -0.1) is 0 Å². The van der Waals surface area contributed by atoms with Gasteiger partial charge in [0, 0.05) is 12.8 Å². The Labute approximate surface area is 541 Å². The second kappa shape index (κ2) is 66.9. The first-order valence-electron chi connectivity index (χ1n) is 37.9. The van der Waals surface area contributed by atoms with Crippen molar-refractivity contribution in [3.63, 3.8) is 0 Å². The number of nitrogens with one attached hydrogen (secondary N) is 1. The minimum absolute atomic E-state index is 0.0207. The molecule has 0 aromatic carbocycles. The van der Waals surface area contributed by atoms with E-state index < -0.39 is 20.0 Å². The maximum absolute atomic E-state index is 13.6. The predicted octanol–water partition coefficient (Wildman–Crippen LogP) is 23.7. The van der Waals surface area contributed by atoms with Crippen LogP contribution >= 0.6 is 7.82 Å². The number of carbonyl (C=O) groups excluding carboxylic acids is 2. The van der Waals surface area contributed by atoms with E-state index in [1.54, 1.807) is 0 Å². The Morgan fingerprint density at radius 3 is 1.07 bits per heavy atom. The summed E-state index contributed by atoms with van der Waals surface area (Å²) >= 11 is 0. The van der Waals surface area contributed by atoms with E-state index in [1.807, 2.05) is 33.3 Å². The van der Waals surface area contributed by atoms with E-state index in [1.165, 1.54) is 276 Å². The second-order valence-electron chi connectivity index (χ2n) is 27.2. The van der Waals surface area contributed by atoms with Crippen LogP contribution in [0.5, 0.6) is 0 Å². The lowest BCUT2D eigenvalue weighted by atomic mass is 10.0. The summed E-state index contributed by atoms with van der Waals surface area (Å²) in [5, 5.41) is 3.05. The Balaban J connectivity index is 4.92. The number of ether oxygens (including phenoxy) is 1. The number of unbranched alkanes of at least 4 members (excludes halogenated alkanes) is 48. The highest BCUT2D eigenvalue weighted by atomic mass is 31.2. The Morgan fingerprint density at radius 2 is 0.701 bits per heavy atom. The zero-order valence-electron chi connectivity index (χ0n) is 58.7. The maximum atomic E-state index is 13.6. The summed E-state index contributed by atoms with van der Waals surface area (Å²) in [6, 6.07) is -0.888. The van der Waals surface area contributed by atoms with Crippen LogP contribution in [0.15, 0.2) is 48.6 Å². The van der Waals surface area contributed by atoms with Crippen LogP contribution in [0.25, 0.3) is 0 Å². The number of allylic oxidation sites excluding steroid dienone is 7. The van der Waals surface area contributed by atoms with Crippen molar-refractivity contribution in [3.05, 3.63) is 48.6 Å². The standard InChI is InChI=1S/C77H147N2O7P/c1-7-10-13-16-19-22-25-27-29-31-33-35-37-39-41-43-45-47-49-51-54-57-60-63-66-69-76(80)78-74(73-85-87(82,83)84-72-71-79(4,5)6)75(68-65-62-59-56-53-24-21-18-15-12-9-3)86-77(81)70-67-64-61-58-55-52-50-48-46-44-42-40-38-36-34-32-30-28-26-23-20-17-14-11-8-2/h19,22,27,29,33,35,65,68,74-75H,7-18,20-21,23-26,28,30-32,34,36-64,66-67,69-73H2,1-6H3,(H-,78,80,82,83)/b22-19-,29-27-,35-33-,68-65+. The summed E-state index contributed by atoms with van der Waals surface area (Å²) in [6.07, 6.45) is 85.4. The van der Waals surface area contributed by atoms with Gasteiger partial charge in [0.25, 0.3) is 7.82 Å². The second-order valence-corrected chi connectivity index (χ2v) is 28.6. The van der Waals surface area contributed by atoms with E-state index in [4.69, 9.17) is 13.8 Å². The molecule has 0 aliphatic rings. The molecular formula is C77H147N2O7P. The van der Waals surface area contributed by atoms with Crippen molar-refractivity contribution in [2.75, 3.05) is 40.9 Å². The van der Waals surface area contributed by atoms with Crippen LogP contribution in [0, 0.1) is 0 Å². The zero-order chi connectivity index (χ0) is 63.5. The molecule has 1 amide bonds. The molecule has 0 saturated carbocycles. The van der Waals surface area contributed by atoms with Gasteiger partial charge in [-0.05, 0) is 70.3 Å². The molecule has 0 rings (SSSR count). The molecule has 3 atom stereocenters. The molecule has 0 radical (unpaired) electrons. The van der Waals surface area contributed by atoms with Crippen molar-refractivity contribution in [1.82, 2.24) is 5.32 Å². The zero-order valence-corrected chi connectivity index (χ0v) is 59.6. The van der Waals surface area contributed by atoms with Gasteiger partial charge in [0.15, 0.2) is 0 Å². The highest BCUT2D eigenvalue weighted by molar-refractivity contribution is 7.45. The van der Waals surface area contributed by atoms with Gasteiger partial charge in [0.2, 0.25) is 5.91 Å². The lowest BCUT2D eigenvalue weighted by molar-refractivity contribution is -0.870. The van der Waals surface area contributed by atoms with Crippen LogP contribution in [0.1, 0.15) is 380 Å². The van der Waals surface area contributed by atoms with Crippen molar-refractivity contribution in [1.29, 1.82) is 0 Å². The van der Waals surface area contributed by atoms with Crippen molar-refractivity contribution in [2.24, 2.45) is 0 Å². The van der Waals surface area contributed by atoms with Gasteiger partial charge in [0.05, 0.1) is 33.8 Å². The number of carbonyl (C=O) groups is 2. The van der Waals surface area contributed by atoms with Gasteiger partial charge in [-0.2, -0.15) is 0 Å². The van der Waals surface area contributed by atoms with E-state index in [0.717, 1.165) is 70.6 Å². The number of rotatable bonds is 70. The minimum atomic E-state index is -4.70.